The molecule has 0 heterocycles. The molecule has 0 saturated heterocycles. The van der Waals surface area contributed by atoms with E-state index in [-0.39, 0.29) is 24.2 Å². The molecule has 0 radical (unpaired) electrons. The standard InChI is InChI=1S/C139H239NO8/c1-7-12-17-22-27-32-37-42-47-52-54-56-58-63-65-70-75-80-85-93-116-143-132-110-100-127(101-111-132)138(140-123-125-98-91-90-92-99-125,128-102-112-133(113-103-128)144-117-94-86-81-76-71-66-64-59-57-55-53-48-43-38-33-28-23-18-13-8-2)139(141,129-104-108-131(142-6)109-105-129)130-106-114-134(115-107-130)148-124-126-121-135(145-118-95-87-82-77-72-67-60-49-44-39-34-29-24-19-14-9-3)137(147-120-97-89-84-79-74-69-62-51-46-41-36-31-26-21-16-11-5)136(122-126)146-119-96-88-83-78-73-68-61-50-45-40-35-30-25-20-15-10-4/h90-92,98-115,126,135-137,140-141H,7-89,93-97,116-124H2,1-6H3. The average molecular weight is 2050 g/mol. The number of hydrogen-bond acceptors (Lipinski definition) is 9. The zero-order chi connectivity index (χ0) is 105. The summed E-state index contributed by atoms with van der Waals surface area (Å²) in [6.45, 7) is 16.1. The normalized spacial score (nSPS) is 14.8. The summed E-state index contributed by atoms with van der Waals surface area (Å²) in [7, 11) is 1.72. The highest BCUT2D eigenvalue weighted by Crippen LogP contribution is 2.52. The highest BCUT2D eigenvalue weighted by atomic mass is 16.6. The minimum absolute atomic E-state index is 0.0865. The number of unbranched alkanes of at least 4 members (excludes halogenated alkanes) is 83. The first-order valence-electron chi connectivity index (χ1n) is 65.5. The van der Waals surface area contributed by atoms with Gasteiger partial charge in [0.05, 0.1) is 39.1 Å². The van der Waals surface area contributed by atoms with Crippen LogP contribution >= 0.6 is 0 Å². The minimum Gasteiger partial charge on any atom is -0.497 e. The third-order valence-electron chi connectivity index (χ3n) is 33.1. The molecule has 3 unspecified atom stereocenters. The molecule has 1 fully saturated rings. The Hall–Kier alpha value is -4.90. The molecular weight excluding hydrogens is 1810 g/mol. The summed E-state index contributed by atoms with van der Waals surface area (Å²) >= 11 is 0. The molecule has 848 valence electrons. The second-order valence-corrected chi connectivity index (χ2v) is 46.4. The van der Waals surface area contributed by atoms with Crippen LogP contribution in [0, 0.1) is 5.92 Å². The molecule has 0 bridgehead atoms. The van der Waals surface area contributed by atoms with Crippen LogP contribution in [0.2, 0.25) is 0 Å². The van der Waals surface area contributed by atoms with E-state index in [0.29, 0.717) is 31.9 Å². The predicted molar refractivity (Wildman–Crippen MR) is 642 cm³/mol. The number of hydrogen-bond donors (Lipinski definition) is 2. The fourth-order valence-electron chi connectivity index (χ4n) is 23.5. The maximum Gasteiger partial charge on any atom is 0.141 e. The monoisotopic (exact) mass is 2050 g/mol. The van der Waals surface area contributed by atoms with Gasteiger partial charge in [-0.05, 0) is 127 Å². The first-order valence-corrected chi connectivity index (χ1v) is 65.5. The van der Waals surface area contributed by atoms with Gasteiger partial charge in [0.2, 0.25) is 0 Å². The molecule has 9 heteroatoms. The van der Waals surface area contributed by atoms with Crippen molar-refractivity contribution < 1.29 is 38.3 Å². The summed E-state index contributed by atoms with van der Waals surface area (Å²) in [4.78, 5) is 0. The summed E-state index contributed by atoms with van der Waals surface area (Å²) in [6, 6.07) is 44.5. The zero-order valence-corrected chi connectivity index (χ0v) is 98.3. The van der Waals surface area contributed by atoms with Crippen molar-refractivity contribution in [1.29, 1.82) is 0 Å². The van der Waals surface area contributed by atoms with Crippen molar-refractivity contribution in [1.82, 2.24) is 5.32 Å². The van der Waals surface area contributed by atoms with Gasteiger partial charge in [-0.25, -0.2) is 0 Å². The Kier molecular flexibility index (Phi) is 85.0. The number of nitrogens with one attached hydrogen (secondary N) is 1. The van der Waals surface area contributed by atoms with Crippen LogP contribution in [0.4, 0.5) is 0 Å². The molecule has 1 aliphatic rings. The molecule has 148 heavy (non-hydrogen) atoms. The van der Waals surface area contributed by atoms with Crippen LogP contribution < -0.4 is 24.3 Å². The Bertz CT molecular complexity index is 3450. The van der Waals surface area contributed by atoms with Crippen LogP contribution in [0.5, 0.6) is 23.0 Å². The summed E-state index contributed by atoms with van der Waals surface area (Å²) < 4.78 is 48.1. The molecule has 5 aromatic carbocycles. The van der Waals surface area contributed by atoms with Crippen molar-refractivity contribution in [2.45, 2.75) is 648 Å². The van der Waals surface area contributed by atoms with Crippen molar-refractivity contribution >= 4 is 0 Å². The third kappa shape index (κ3) is 64.0. The second kappa shape index (κ2) is 95.5. The van der Waals surface area contributed by atoms with E-state index in [2.05, 4.69) is 155 Å². The van der Waals surface area contributed by atoms with Gasteiger partial charge < -0.3 is 38.3 Å². The van der Waals surface area contributed by atoms with Crippen molar-refractivity contribution in [3.8, 4) is 23.0 Å². The largest absolute Gasteiger partial charge is 0.497 e. The lowest BCUT2D eigenvalue weighted by Gasteiger charge is -2.50. The first-order chi connectivity index (χ1) is 73.3. The minimum atomic E-state index is -1.77. The van der Waals surface area contributed by atoms with Gasteiger partial charge in [-0.3, -0.25) is 5.32 Å². The Labute approximate surface area is 917 Å². The van der Waals surface area contributed by atoms with E-state index < -0.39 is 11.1 Å². The molecule has 9 nitrogen and oxygen atoms in total. The van der Waals surface area contributed by atoms with Crippen LogP contribution in [0.3, 0.4) is 0 Å². The Morgan fingerprint density at radius 3 is 0.662 bits per heavy atom. The van der Waals surface area contributed by atoms with Gasteiger partial charge in [0.1, 0.15) is 40.2 Å². The van der Waals surface area contributed by atoms with Crippen LogP contribution in [-0.2, 0) is 31.9 Å². The Balaban J connectivity index is 1.20. The quantitative estimate of drug-likeness (QED) is 0.0369. The fourth-order valence-corrected chi connectivity index (χ4v) is 23.5. The van der Waals surface area contributed by atoms with Crippen molar-refractivity contribution in [2.24, 2.45) is 5.92 Å². The number of methoxy groups -OCH3 is 1. The summed E-state index contributed by atoms with van der Waals surface area (Å²) in [5, 5.41) is 19.4. The van der Waals surface area contributed by atoms with Gasteiger partial charge in [0, 0.05) is 26.4 Å². The number of benzene rings is 5. The summed E-state index contributed by atoms with van der Waals surface area (Å²) in [6.07, 6.45) is 121. The SMILES string of the molecule is CCCCCCCCCCCCCCCCCCCCCCOc1ccc(C(NCc2ccccc2)(c2ccc(OCCCCCCCCCCCCCCCCCCCCCC)cc2)C(O)(c2ccc(OC)cc2)c2ccc(OCC3CC(OCCCCCCCCCCCCCCCCCC)C(OCCCCCCCCCCCCCCCCCC)C(OCCCCCCCCCCCCCCCCCC)C3)cc2)cc1. The van der Waals surface area contributed by atoms with E-state index in [0.717, 1.165) is 110 Å². The molecule has 3 atom stereocenters. The predicted octanol–water partition coefficient (Wildman–Crippen LogP) is 43.8. The highest BCUT2D eigenvalue weighted by Gasteiger charge is 2.55. The third-order valence-corrected chi connectivity index (χ3v) is 33.1. The van der Waals surface area contributed by atoms with Crippen LogP contribution in [0.25, 0.3) is 0 Å². The van der Waals surface area contributed by atoms with Crippen molar-refractivity contribution in [3.63, 3.8) is 0 Å². The lowest BCUT2D eigenvalue weighted by Crippen LogP contribution is -2.59. The maximum absolute atomic E-state index is 15.2. The number of ether oxygens (including phenoxy) is 7. The fraction of sp³-hybridized carbons (Fsp3) is 0.784. The smallest absolute Gasteiger partial charge is 0.141 e. The van der Waals surface area contributed by atoms with Gasteiger partial charge >= 0.3 is 0 Å². The average Bonchev–Trinajstić information content (AvgIpc) is 0.705. The van der Waals surface area contributed by atoms with Gasteiger partial charge in [-0.1, -0.05) is 646 Å². The van der Waals surface area contributed by atoms with Gasteiger partial charge in [-0.2, -0.15) is 0 Å². The highest BCUT2D eigenvalue weighted by molar-refractivity contribution is 5.55. The Morgan fingerprint density at radius 2 is 0.426 bits per heavy atom. The zero-order valence-electron chi connectivity index (χ0n) is 98.3. The molecule has 1 aliphatic carbocycles. The maximum atomic E-state index is 15.2. The lowest BCUT2D eigenvalue weighted by atomic mass is 9.63. The molecule has 0 amide bonds. The molecule has 0 spiro atoms. The van der Waals surface area contributed by atoms with E-state index in [1.54, 1.807) is 7.11 Å². The second-order valence-electron chi connectivity index (χ2n) is 46.4. The molecule has 6 rings (SSSR count). The molecule has 0 aromatic heterocycles. The molecule has 2 N–H and O–H groups in total. The van der Waals surface area contributed by atoms with Crippen LogP contribution in [-0.4, -0.2) is 70.2 Å². The topological polar surface area (TPSA) is 96.9 Å². The van der Waals surface area contributed by atoms with Gasteiger partial charge in [0.15, 0.2) is 0 Å². The van der Waals surface area contributed by atoms with Crippen LogP contribution in [0.1, 0.15) is 640 Å². The van der Waals surface area contributed by atoms with Crippen molar-refractivity contribution in [3.05, 3.63) is 155 Å². The van der Waals surface area contributed by atoms with Gasteiger partial charge in [-0.15, -0.1) is 0 Å². The van der Waals surface area contributed by atoms with E-state index in [9.17, 15) is 0 Å². The molecule has 5 aromatic rings. The van der Waals surface area contributed by atoms with E-state index in [4.69, 9.17) is 33.2 Å². The first kappa shape index (κ1) is 132. The number of rotatable bonds is 110. The molecular formula is C139H239NO8. The molecule has 0 aliphatic heterocycles. The lowest BCUT2D eigenvalue weighted by molar-refractivity contribution is -0.172. The van der Waals surface area contributed by atoms with Crippen molar-refractivity contribution in [2.75, 3.05) is 46.8 Å². The Morgan fingerprint density at radius 1 is 0.223 bits per heavy atom. The van der Waals surface area contributed by atoms with Gasteiger partial charge in [0.25, 0.3) is 0 Å². The van der Waals surface area contributed by atoms with Crippen LogP contribution in [0.15, 0.2) is 127 Å². The summed E-state index contributed by atoms with van der Waals surface area (Å²) in [5.41, 5.74) is 1.24. The molecule has 1 saturated carbocycles. The summed E-state index contributed by atoms with van der Waals surface area (Å²) in [5.74, 6) is 3.33. The number of aliphatic hydroxyl groups is 1. The van der Waals surface area contributed by atoms with E-state index in [1.165, 1.54) is 533 Å². The van der Waals surface area contributed by atoms with E-state index >= 15 is 5.11 Å². The van der Waals surface area contributed by atoms with E-state index in [1.807, 2.05) is 12.1 Å².